The highest BCUT2D eigenvalue weighted by atomic mass is 35.5. The Balaban J connectivity index is 1.44. The van der Waals surface area contributed by atoms with Gasteiger partial charge >= 0.3 is 6.03 Å². The van der Waals surface area contributed by atoms with Crippen molar-refractivity contribution in [3.05, 3.63) is 90.0 Å². The van der Waals surface area contributed by atoms with Crippen LogP contribution in [0.5, 0.6) is 5.75 Å². The maximum Gasteiger partial charge on any atom is 0.325 e. The smallest absolute Gasteiger partial charge is 0.325 e. The van der Waals surface area contributed by atoms with Gasteiger partial charge in [-0.2, -0.15) is 0 Å². The fourth-order valence-corrected chi connectivity index (χ4v) is 5.61. The number of furan rings is 1. The summed E-state index contributed by atoms with van der Waals surface area (Å²) in [5.74, 6) is -1.82. The topological polar surface area (TPSA) is 127 Å². The first-order valence-corrected chi connectivity index (χ1v) is 14.5. The lowest BCUT2D eigenvalue weighted by Crippen LogP contribution is -2.35. The van der Waals surface area contributed by atoms with Crippen LogP contribution in [-0.2, 0) is 11.5 Å². The van der Waals surface area contributed by atoms with Crippen molar-refractivity contribution in [1.29, 1.82) is 0 Å². The number of benzene rings is 3. The molecular weight excluding hydrogens is 620 g/mol. The molecule has 0 bridgehead atoms. The number of hydrogen-bond donors (Lipinski definition) is 3. The van der Waals surface area contributed by atoms with Gasteiger partial charge in [-0.15, -0.1) is 11.6 Å². The molecule has 0 spiro atoms. The van der Waals surface area contributed by atoms with E-state index in [2.05, 4.69) is 16.0 Å². The number of ether oxygens (including phenoxy) is 1. The summed E-state index contributed by atoms with van der Waals surface area (Å²) >= 11 is 5.57. The lowest BCUT2D eigenvalue weighted by Gasteiger charge is -2.21. The van der Waals surface area contributed by atoms with E-state index in [0.717, 1.165) is 0 Å². The number of halogens is 3. The number of nitrogens with one attached hydrogen (secondary N) is 3. The number of fused-ring (bicyclic) bond motifs is 6. The summed E-state index contributed by atoms with van der Waals surface area (Å²) in [5, 5.41) is 8.18. The molecule has 10 nitrogen and oxygen atoms in total. The van der Waals surface area contributed by atoms with E-state index in [9.17, 15) is 23.2 Å². The minimum Gasteiger partial charge on any atom is -0.470 e. The van der Waals surface area contributed by atoms with E-state index in [1.165, 1.54) is 43.4 Å². The lowest BCUT2D eigenvalue weighted by atomic mass is 10.0. The van der Waals surface area contributed by atoms with Gasteiger partial charge in [0.15, 0.2) is 6.73 Å². The minimum atomic E-state index is -0.861. The molecule has 1 aliphatic heterocycles. The SMILES string of the molecule is CNC(=O)c1c(-c2ccc(F)cc2)oc2cc(NC(=O)NC(=O)CCl)c(-c3ccc4c(n3)-c3cc5c(F)cccc5n3CO4)cc12. The van der Waals surface area contributed by atoms with Crippen molar-refractivity contribution < 1.29 is 32.3 Å². The predicted molar refractivity (Wildman–Crippen MR) is 168 cm³/mol. The maximum atomic E-state index is 14.7. The molecule has 0 aliphatic carbocycles. The Morgan fingerprint density at radius 3 is 2.57 bits per heavy atom. The van der Waals surface area contributed by atoms with Crippen LogP contribution >= 0.6 is 11.6 Å². The molecule has 230 valence electrons. The molecule has 0 unspecified atom stereocenters. The summed E-state index contributed by atoms with van der Waals surface area (Å²) < 4.78 is 42.3. The molecule has 6 aromatic rings. The van der Waals surface area contributed by atoms with Crippen LogP contribution in [0.1, 0.15) is 10.4 Å². The third-order valence-electron chi connectivity index (χ3n) is 7.63. The molecule has 0 radical (unpaired) electrons. The van der Waals surface area contributed by atoms with Gasteiger partial charge in [0, 0.05) is 35.0 Å². The van der Waals surface area contributed by atoms with E-state index < -0.39 is 29.5 Å². The largest absolute Gasteiger partial charge is 0.470 e. The molecule has 0 fully saturated rings. The van der Waals surface area contributed by atoms with Crippen LogP contribution in [0, 0.1) is 11.6 Å². The van der Waals surface area contributed by atoms with E-state index in [1.807, 2.05) is 0 Å². The number of anilines is 1. The van der Waals surface area contributed by atoms with Crippen LogP contribution in [0.15, 0.2) is 77.2 Å². The first-order valence-electron chi connectivity index (χ1n) is 13.9. The average molecular weight is 642 g/mol. The van der Waals surface area contributed by atoms with E-state index in [1.54, 1.807) is 41.0 Å². The van der Waals surface area contributed by atoms with Crippen molar-refractivity contribution in [2.75, 3.05) is 18.2 Å². The number of rotatable bonds is 5. The highest BCUT2D eigenvalue weighted by molar-refractivity contribution is 6.28. The van der Waals surface area contributed by atoms with Gasteiger partial charge in [0.1, 0.15) is 40.3 Å². The van der Waals surface area contributed by atoms with E-state index in [0.29, 0.717) is 50.2 Å². The van der Waals surface area contributed by atoms with Crippen molar-refractivity contribution in [3.63, 3.8) is 0 Å². The number of carbonyl (C=O) groups excluding carboxylic acids is 3. The van der Waals surface area contributed by atoms with Gasteiger partial charge in [-0.1, -0.05) is 6.07 Å². The Morgan fingerprint density at radius 2 is 1.80 bits per heavy atom. The molecule has 13 heteroatoms. The van der Waals surface area contributed by atoms with Gasteiger partial charge in [0.25, 0.3) is 5.91 Å². The second-order valence-electron chi connectivity index (χ2n) is 10.4. The maximum absolute atomic E-state index is 14.7. The molecular formula is C33H22ClF2N5O5. The second-order valence-corrected chi connectivity index (χ2v) is 10.6. The average Bonchev–Trinajstić information content (AvgIpc) is 3.63. The first kappa shape index (κ1) is 29.0. The number of alkyl halides is 1. The number of carbonyl (C=O) groups is 3. The Hall–Kier alpha value is -5.75. The Morgan fingerprint density at radius 1 is 1.00 bits per heavy atom. The molecule has 46 heavy (non-hydrogen) atoms. The molecule has 0 atom stereocenters. The molecule has 4 amide bonds. The van der Waals surface area contributed by atoms with Gasteiger partial charge in [0.05, 0.1) is 28.2 Å². The van der Waals surface area contributed by atoms with Gasteiger partial charge in [-0.25, -0.2) is 18.6 Å². The summed E-state index contributed by atoms with van der Waals surface area (Å²) in [6, 6.07) is 17.6. The highest BCUT2D eigenvalue weighted by Gasteiger charge is 2.27. The lowest BCUT2D eigenvalue weighted by molar-refractivity contribution is -0.117. The zero-order chi connectivity index (χ0) is 32.1. The van der Waals surface area contributed by atoms with E-state index >= 15 is 0 Å². The second kappa shape index (κ2) is 11.3. The highest BCUT2D eigenvalue weighted by Crippen LogP contribution is 2.42. The number of amides is 4. The summed E-state index contributed by atoms with van der Waals surface area (Å²) in [6.07, 6.45) is 0. The number of hydrogen-bond acceptors (Lipinski definition) is 6. The summed E-state index contributed by atoms with van der Waals surface area (Å²) in [6.45, 7) is 0.153. The standard InChI is InChI=1S/C33H22ClF2N5O5/c1-37-32(43)29-20-11-19(22-9-10-26-30(38-22)25-12-18-21(36)3-2-4-24(18)41(25)15-45-26)23(39-33(44)40-28(42)14-34)13-27(20)46-31(29)16-5-7-17(35)8-6-16/h2-13H,14-15H2,1H3,(H,37,43)(H2,39,40,42,44). The van der Waals surface area contributed by atoms with Crippen LogP contribution in [0.25, 0.3) is 55.8 Å². The fourth-order valence-electron chi connectivity index (χ4n) is 5.54. The Bertz CT molecular complexity index is 2230. The van der Waals surface area contributed by atoms with Crippen LogP contribution in [-0.4, -0.2) is 40.3 Å². The minimum absolute atomic E-state index is 0.153. The zero-order valence-corrected chi connectivity index (χ0v) is 24.7. The summed E-state index contributed by atoms with van der Waals surface area (Å²) in [7, 11) is 1.47. The molecule has 0 saturated heterocycles. The van der Waals surface area contributed by atoms with Crippen LogP contribution in [0.3, 0.4) is 0 Å². The quantitative estimate of drug-likeness (QED) is 0.181. The Kier molecular flexibility index (Phi) is 7.13. The summed E-state index contributed by atoms with van der Waals surface area (Å²) in [5.41, 5.74) is 3.44. The van der Waals surface area contributed by atoms with E-state index in [4.69, 9.17) is 25.7 Å². The number of imide groups is 1. The van der Waals surface area contributed by atoms with Gasteiger partial charge in [0.2, 0.25) is 5.91 Å². The first-order chi connectivity index (χ1) is 22.2. The molecule has 3 aromatic carbocycles. The van der Waals surface area contributed by atoms with Crippen LogP contribution < -0.4 is 20.7 Å². The molecule has 1 aliphatic rings. The van der Waals surface area contributed by atoms with E-state index in [-0.39, 0.29) is 35.1 Å². The molecule has 4 heterocycles. The monoisotopic (exact) mass is 641 g/mol. The third kappa shape index (κ3) is 4.88. The molecule has 0 saturated carbocycles. The summed E-state index contributed by atoms with van der Waals surface area (Å²) in [4.78, 5) is 42.7. The molecule has 7 rings (SSSR count). The predicted octanol–water partition coefficient (Wildman–Crippen LogP) is 6.66. The number of nitrogens with zero attached hydrogens (tertiary/aromatic N) is 2. The third-order valence-corrected chi connectivity index (χ3v) is 7.87. The van der Waals surface area contributed by atoms with Crippen molar-refractivity contribution in [2.45, 2.75) is 6.73 Å². The number of aromatic nitrogens is 2. The molecule has 3 N–H and O–H groups in total. The van der Waals surface area contributed by atoms with Gasteiger partial charge < -0.3 is 24.4 Å². The van der Waals surface area contributed by atoms with Gasteiger partial charge in [-0.3, -0.25) is 14.9 Å². The van der Waals surface area contributed by atoms with Crippen molar-refractivity contribution in [3.8, 4) is 39.7 Å². The zero-order valence-electron chi connectivity index (χ0n) is 23.9. The normalized spacial score (nSPS) is 11.9. The Labute approximate surface area is 263 Å². The van der Waals surface area contributed by atoms with Crippen molar-refractivity contribution in [1.82, 2.24) is 20.2 Å². The van der Waals surface area contributed by atoms with Crippen molar-refractivity contribution in [2.24, 2.45) is 0 Å². The fraction of sp³-hybridized carbons (Fsp3) is 0.0909. The number of urea groups is 1. The van der Waals surface area contributed by atoms with Gasteiger partial charge in [-0.05, 0) is 60.7 Å². The van der Waals surface area contributed by atoms with Crippen molar-refractivity contribution >= 4 is 57.0 Å². The number of pyridine rings is 1. The molecule has 3 aromatic heterocycles. The van der Waals surface area contributed by atoms with Crippen LogP contribution in [0.2, 0.25) is 0 Å². The van der Waals surface area contributed by atoms with Crippen LogP contribution in [0.4, 0.5) is 19.3 Å².